The summed E-state index contributed by atoms with van der Waals surface area (Å²) >= 11 is 1.29. The number of piperidine rings is 1. The third-order valence-corrected chi connectivity index (χ3v) is 8.65. The van der Waals surface area contributed by atoms with Crippen LogP contribution in [0.25, 0.3) is 0 Å². The van der Waals surface area contributed by atoms with Crippen LogP contribution in [0.2, 0.25) is 0 Å². The van der Waals surface area contributed by atoms with Crippen LogP contribution in [0.5, 0.6) is 0 Å². The minimum atomic E-state index is -3.85. The Hall–Kier alpha value is -3.49. The van der Waals surface area contributed by atoms with E-state index in [0.29, 0.717) is 36.4 Å². The molecule has 206 valence electrons. The monoisotopic (exact) mass is 562 g/mol. The number of hydrogen-bond acceptors (Lipinski definition) is 7. The van der Waals surface area contributed by atoms with Gasteiger partial charge in [0, 0.05) is 18.0 Å². The number of nitrogen functional groups attached to an aromatic ring is 1. The first-order valence-corrected chi connectivity index (χ1v) is 14.6. The highest BCUT2D eigenvalue weighted by molar-refractivity contribution is 7.88. The molecule has 9 N–H and O–H groups in total. The number of amides is 2. The number of sulfonamides is 1. The molecule has 1 fully saturated rings. The van der Waals surface area contributed by atoms with Crippen molar-refractivity contribution in [1.29, 1.82) is 10.8 Å². The number of carbonyl (C=O) groups is 2. The van der Waals surface area contributed by atoms with Gasteiger partial charge in [0.2, 0.25) is 21.8 Å². The van der Waals surface area contributed by atoms with Crippen molar-refractivity contribution in [2.24, 2.45) is 17.4 Å². The Morgan fingerprint density at radius 2 is 1.74 bits per heavy atom. The third kappa shape index (κ3) is 9.11. The van der Waals surface area contributed by atoms with Gasteiger partial charge in [0.05, 0.1) is 23.7 Å². The van der Waals surface area contributed by atoms with Crippen molar-refractivity contribution in [3.63, 3.8) is 0 Å². The predicted octanol–water partition coefficient (Wildman–Crippen LogP) is 0.248. The van der Waals surface area contributed by atoms with Gasteiger partial charge in [0.1, 0.15) is 11.9 Å². The number of thiophene rings is 1. The summed E-state index contributed by atoms with van der Waals surface area (Å²) in [6, 6.07) is 11.1. The van der Waals surface area contributed by atoms with Crippen LogP contribution in [0.3, 0.4) is 0 Å². The lowest BCUT2D eigenvalue weighted by atomic mass is 9.90. The van der Waals surface area contributed by atoms with Crippen LogP contribution in [0, 0.1) is 16.7 Å². The number of nitrogens with zero attached hydrogens (tertiary/aromatic N) is 1. The standard InChI is InChI=1S/C24H34N8O4S2/c25-22(26)20-7-6-18(37-20)13-29-21(33)14-30-23(34)19(12-16-8-10-32(11-9-16)24(27)28)31-38(35,36)15-17-4-2-1-3-5-17/h1-7,16,19,31H,8-15H2,(H3,25,26)(H3,27,28)(H,29,33)(H,30,34)/t19-/m1/s1. The van der Waals surface area contributed by atoms with E-state index in [1.54, 1.807) is 47.4 Å². The Kier molecular flexibility index (Phi) is 10.2. The highest BCUT2D eigenvalue weighted by atomic mass is 32.2. The molecule has 38 heavy (non-hydrogen) atoms. The molecule has 3 rings (SSSR count). The van der Waals surface area contributed by atoms with Crippen LogP contribution in [0.15, 0.2) is 42.5 Å². The fourth-order valence-corrected chi connectivity index (χ4v) is 6.32. The molecule has 0 saturated carbocycles. The minimum absolute atomic E-state index is 0.00705. The van der Waals surface area contributed by atoms with Gasteiger partial charge in [0.25, 0.3) is 0 Å². The van der Waals surface area contributed by atoms with Crippen molar-refractivity contribution in [2.75, 3.05) is 19.6 Å². The zero-order chi connectivity index (χ0) is 27.7. The second-order valence-electron chi connectivity index (χ2n) is 9.14. The number of benzene rings is 1. The van der Waals surface area contributed by atoms with Crippen LogP contribution < -0.4 is 26.8 Å². The maximum Gasteiger partial charge on any atom is 0.239 e. The lowest BCUT2D eigenvalue weighted by Gasteiger charge is -2.33. The van der Waals surface area contributed by atoms with E-state index < -0.39 is 27.9 Å². The van der Waals surface area contributed by atoms with Crippen molar-refractivity contribution in [3.05, 3.63) is 57.8 Å². The molecule has 2 aromatic rings. The van der Waals surface area contributed by atoms with Crippen molar-refractivity contribution in [1.82, 2.24) is 20.3 Å². The summed E-state index contributed by atoms with van der Waals surface area (Å²) in [5.41, 5.74) is 11.6. The lowest BCUT2D eigenvalue weighted by Crippen LogP contribution is -2.50. The summed E-state index contributed by atoms with van der Waals surface area (Å²) in [4.78, 5) is 28.5. The second kappa shape index (κ2) is 13.3. The van der Waals surface area contributed by atoms with E-state index in [-0.39, 0.29) is 43.0 Å². The van der Waals surface area contributed by atoms with Crippen LogP contribution in [0.4, 0.5) is 0 Å². The number of guanidine groups is 1. The zero-order valence-electron chi connectivity index (χ0n) is 20.9. The predicted molar refractivity (Wildman–Crippen MR) is 147 cm³/mol. The van der Waals surface area contributed by atoms with Crippen molar-refractivity contribution >= 4 is 45.0 Å². The lowest BCUT2D eigenvalue weighted by molar-refractivity contribution is -0.127. The molecule has 0 aliphatic carbocycles. The van der Waals surface area contributed by atoms with Crippen molar-refractivity contribution in [3.8, 4) is 0 Å². The van der Waals surface area contributed by atoms with Gasteiger partial charge in [0.15, 0.2) is 5.96 Å². The number of likely N-dealkylation sites (tertiary alicyclic amines) is 1. The van der Waals surface area contributed by atoms with Crippen LogP contribution in [-0.4, -0.2) is 62.6 Å². The SMILES string of the molecule is N=C(N)c1ccc(CNC(=O)CNC(=O)[C@@H](CC2CCN(C(=N)N)CC2)NS(=O)(=O)Cc2ccccc2)s1. The van der Waals surface area contributed by atoms with Crippen molar-refractivity contribution < 1.29 is 18.0 Å². The highest BCUT2D eigenvalue weighted by Gasteiger charge is 2.30. The molecule has 1 aromatic heterocycles. The Labute approximate surface area is 226 Å². The van der Waals surface area contributed by atoms with E-state index in [9.17, 15) is 18.0 Å². The molecule has 0 bridgehead atoms. The fourth-order valence-electron chi connectivity index (χ4n) is 4.16. The number of nitrogens with one attached hydrogen (secondary N) is 5. The van der Waals surface area contributed by atoms with Crippen molar-refractivity contribution in [2.45, 2.75) is 37.6 Å². The molecule has 1 aromatic carbocycles. The summed E-state index contributed by atoms with van der Waals surface area (Å²) in [6.45, 7) is 1.02. The quantitative estimate of drug-likeness (QED) is 0.142. The molecule has 0 unspecified atom stereocenters. The molecular formula is C24H34N8O4S2. The first-order chi connectivity index (χ1) is 18.0. The van der Waals surface area contributed by atoms with Gasteiger partial charge in [-0.05, 0) is 42.9 Å². The Morgan fingerprint density at radius 1 is 1.05 bits per heavy atom. The molecule has 1 aliphatic heterocycles. The molecule has 0 radical (unpaired) electrons. The maximum absolute atomic E-state index is 13.1. The summed E-state index contributed by atoms with van der Waals surface area (Å²) in [7, 11) is -3.85. The van der Waals surface area contributed by atoms with Gasteiger partial charge >= 0.3 is 0 Å². The van der Waals surface area contributed by atoms with E-state index in [1.165, 1.54) is 11.3 Å². The van der Waals surface area contributed by atoms with Gasteiger partial charge < -0.3 is 27.0 Å². The average Bonchev–Trinajstić information content (AvgIpc) is 3.36. The Morgan fingerprint density at radius 3 is 2.34 bits per heavy atom. The molecule has 2 amide bonds. The van der Waals surface area contributed by atoms with E-state index in [0.717, 1.165) is 4.88 Å². The van der Waals surface area contributed by atoms with E-state index in [4.69, 9.17) is 22.3 Å². The smallest absolute Gasteiger partial charge is 0.239 e. The number of carbonyl (C=O) groups excluding carboxylic acids is 2. The summed E-state index contributed by atoms with van der Waals surface area (Å²) in [5.74, 6) is -1.30. The van der Waals surface area contributed by atoms with E-state index in [2.05, 4.69) is 15.4 Å². The number of nitrogens with two attached hydrogens (primary N) is 2. The Balaban J connectivity index is 1.59. The van der Waals surface area contributed by atoms with Gasteiger partial charge in [-0.2, -0.15) is 0 Å². The number of amidine groups is 1. The maximum atomic E-state index is 13.1. The molecule has 1 aliphatic rings. The first-order valence-electron chi connectivity index (χ1n) is 12.1. The van der Waals surface area contributed by atoms with Gasteiger partial charge in [-0.1, -0.05) is 30.3 Å². The van der Waals surface area contributed by atoms with Gasteiger partial charge in [-0.3, -0.25) is 20.4 Å². The summed E-state index contributed by atoms with van der Waals surface area (Å²) in [6.07, 6.45) is 1.58. The average molecular weight is 563 g/mol. The molecule has 0 spiro atoms. The second-order valence-corrected chi connectivity index (χ2v) is 12.1. The zero-order valence-corrected chi connectivity index (χ0v) is 22.5. The van der Waals surface area contributed by atoms with Crippen LogP contribution in [-0.2, 0) is 31.9 Å². The molecule has 12 nitrogen and oxygen atoms in total. The highest BCUT2D eigenvalue weighted by Crippen LogP contribution is 2.22. The van der Waals surface area contributed by atoms with Gasteiger partial charge in [-0.15, -0.1) is 11.3 Å². The number of rotatable bonds is 12. The first kappa shape index (κ1) is 29.1. The van der Waals surface area contributed by atoms with E-state index in [1.807, 2.05) is 0 Å². The fraction of sp³-hybridized carbons (Fsp3) is 0.417. The molecule has 14 heteroatoms. The minimum Gasteiger partial charge on any atom is -0.383 e. The normalized spacial score (nSPS) is 15.0. The molecule has 2 heterocycles. The van der Waals surface area contributed by atoms with Crippen LogP contribution in [0.1, 0.15) is 34.6 Å². The summed E-state index contributed by atoms with van der Waals surface area (Å²) in [5, 5.41) is 20.3. The van der Waals surface area contributed by atoms with Gasteiger partial charge in [-0.25, -0.2) is 13.1 Å². The summed E-state index contributed by atoms with van der Waals surface area (Å²) < 4.78 is 28.3. The third-order valence-electron chi connectivity index (χ3n) is 6.17. The molecule has 1 saturated heterocycles. The van der Waals surface area contributed by atoms with Crippen LogP contribution >= 0.6 is 11.3 Å². The molecule has 1 atom stereocenters. The van der Waals surface area contributed by atoms with E-state index >= 15 is 0 Å². The largest absolute Gasteiger partial charge is 0.383 e. The number of hydrogen-bond donors (Lipinski definition) is 7. The molecular weight excluding hydrogens is 528 g/mol. The topological polar surface area (TPSA) is 207 Å². The Bertz CT molecular complexity index is 1240.